The van der Waals surface area contributed by atoms with Gasteiger partial charge in [-0.1, -0.05) is 0 Å². The summed E-state index contributed by atoms with van der Waals surface area (Å²) in [4.78, 5) is 0. The minimum absolute atomic E-state index is 0.0396. The molecule has 0 aliphatic carbocycles. The molecule has 0 aromatic heterocycles. The fourth-order valence-electron chi connectivity index (χ4n) is 0.974. The molecule has 9 heteroatoms. The molecule has 0 fully saturated rings. The van der Waals surface area contributed by atoms with Crippen LogP contribution in [0.4, 0.5) is 23.2 Å². The van der Waals surface area contributed by atoms with Crippen LogP contribution < -0.4 is 16.4 Å². The highest BCUT2D eigenvalue weighted by atomic mass is 19.2. The summed E-state index contributed by atoms with van der Waals surface area (Å²) >= 11 is 0. The molecule has 0 saturated carbocycles. The van der Waals surface area contributed by atoms with E-state index in [1.807, 2.05) is 5.32 Å². The first-order chi connectivity index (χ1) is 7.82. The van der Waals surface area contributed by atoms with Crippen LogP contribution >= 0.6 is 0 Å². The molecule has 5 nitrogen and oxygen atoms in total. The van der Waals surface area contributed by atoms with E-state index in [-0.39, 0.29) is 6.07 Å². The largest absolute Gasteiger partial charge is 0.370 e. The number of anilines is 1. The number of hydrogen-bond donors (Lipinski definition) is 5. The number of rotatable bonds is 1. The maximum absolute atomic E-state index is 13.1. The van der Waals surface area contributed by atoms with E-state index in [0.29, 0.717) is 0 Å². The SMILES string of the molecule is N=C(N)NC(=N)Nc1c(F)c(F)cc(F)c1F. The van der Waals surface area contributed by atoms with Gasteiger partial charge in [0.25, 0.3) is 0 Å². The molecule has 1 rings (SSSR count). The molecule has 17 heavy (non-hydrogen) atoms. The van der Waals surface area contributed by atoms with Crippen molar-refractivity contribution in [2.75, 3.05) is 5.32 Å². The van der Waals surface area contributed by atoms with E-state index in [1.165, 1.54) is 0 Å². The van der Waals surface area contributed by atoms with Crippen molar-refractivity contribution >= 4 is 17.6 Å². The number of hydrogen-bond acceptors (Lipinski definition) is 2. The normalized spacial score (nSPS) is 9.88. The summed E-state index contributed by atoms with van der Waals surface area (Å²) in [6.45, 7) is 0. The summed E-state index contributed by atoms with van der Waals surface area (Å²) < 4.78 is 51.7. The molecule has 0 atom stereocenters. The topological polar surface area (TPSA) is 97.8 Å². The van der Waals surface area contributed by atoms with Crippen molar-refractivity contribution in [2.24, 2.45) is 5.73 Å². The number of nitrogens with two attached hydrogens (primary N) is 1. The fourth-order valence-corrected chi connectivity index (χ4v) is 0.974. The summed E-state index contributed by atoms with van der Waals surface area (Å²) in [5.41, 5.74) is 3.66. The minimum atomic E-state index is -1.68. The molecule has 0 unspecified atom stereocenters. The van der Waals surface area contributed by atoms with Gasteiger partial charge < -0.3 is 11.1 Å². The van der Waals surface area contributed by atoms with Gasteiger partial charge in [0.05, 0.1) is 0 Å². The zero-order valence-corrected chi connectivity index (χ0v) is 8.17. The second-order valence-electron chi connectivity index (χ2n) is 2.88. The molecular formula is C8H7F4N5. The van der Waals surface area contributed by atoms with Crippen molar-refractivity contribution in [3.63, 3.8) is 0 Å². The lowest BCUT2D eigenvalue weighted by Gasteiger charge is -2.11. The zero-order chi connectivity index (χ0) is 13.2. The van der Waals surface area contributed by atoms with E-state index in [4.69, 9.17) is 16.6 Å². The highest BCUT2D eigenvalue weighted by Crippen LogP contribution is 2.23. The Labute approximate surface area is 92.6 Å². The van der Waals surface area contributed by atoms with Gasteiger partial charge in [-0.25, -0.2) is 17.6 Å². The van der Waals surface area contributed by atoms with Gasteiger partial charge in [0.15, 0.2) is 35.2 Å². The maximum Gasteiger partial charge on any atom is 0.199 e. The van der Waals surface area contributed by atoms with E-state index in [9.17, 15) is 17.6 Å². The van der Waals surface area contributed by atoms with Crippen LogP contribution in [0.2, 0.25) is 0 Å². The number of halogens is 4. The molecule has 0 saturated heterocycles. The van der Waals surface area contributed by atoms with Crippen LogP contribution in [0.15, 0.2) is 6.07 Å². The van der Waals surface area contributed by atoms with Gasteiger partial charge in [-0.05, 0) is 0 Å². The molecule has 0 spiro atoms. The quantitative estimate of drug-likeness (QED) is 0.223. The van der Waals surface area contributed by atoms with Crippen molar-refractivity contribution in [3.8, 4) is 0 Å². The lowest BCUT2D eigenvalue weighted by Crippen LogP contribution is -2.39. The molecule has 0 heterocycles. The smallest absolute Gasteiger partial charge is 0.199 e. The second kappa shape index (κ2) is 4.68. The van der Waals surface area contributed by atoms with Crippen molar-refractivity contribution in [1.29, 1.82) is 10.8 Å². The lowest BCUT2D eigenvalue weighted by molar-refractivity contribution is 0.459. The average molecular weight is 249 g/mol. The maximum atomic E-state index is 13.1. The van der Waals surface area contributed by atoms with Gasteiger partial charge in [0, 0.05) is 6.07 Å². The van der Waals surface area contributed by atoms with Crippen LogP contribution in [0, 0.1) is 34.1 Å². The first kappa shape index (κ1) is 12.7. The predicted octanol–water partition coefficient (Wildman–Crippen LogP) is 1.07. The zero-order valence-electron chi connectivity index (χ0n) is 8.17. The summed E-state index contributed by atoms with van der Waals surface area (Å²) in [7, 11) is 0. The average Bonchev–Trinajstić information content (AvgIpc) is 2.20. The molecule has 1 aromatic carbocycles. The first-order valence-corrected chi connectivity index (χ1v) is 4.12. The van der Waals surface area contributed by atoms with Crippen LogP contribution in [0.1, 0.15) is 0 Å². The Morgan fingerprint density at radius 3 is 1.94 bits per heavy atom. The van der Waals surface area contributed by atoms with E-state index < -0.39 is 40.9 Å². The Hall–Kier alpha value is -2.32. The van der Waals surface area contributed by atoms with E-state index in [1.54, 1.807) is 5.32 Å². The summed E-state index contributed by atoms with van der Waals surface area (Å²) in [6, 6.07) is 0.0396. The summed E-state index contributed by atoms with van der Waals surface area (Å²) in [5.74, 6) is -8.07. The predicted molar refractivity (Wildman–Crippen MR) is 52.7 cm³/mol. The Kier molecular flexibility index (Phi) is 3.51. The molecule has 6 N–H and O–H groups in total. The van der Waals surface area contributed by atoms with Crippen LogP contribution in [0.25, 0.3) is 0 Å². The van der Waals surface area contributed by atoms with Gasteiger partial charge in [-0.2, -0.15) is 0 Å². The lowest BCUT2D eigenvalue weighted by atomic mass is 10.2. The molecule has 1 aromatic rings. The van der Waals surface area contributed by atoms with Crippen LogP contribution in [-0.2, 0) is 0 Å². The van der Waals surface area contributed by atoms with Crippen LogP contribution in [0.5, 0.6) is 0 Å². The number of guanidine groups is 2. The van der Waals surface area contributed by atoms with Crippen molar-refractivity contribution in [3.05, 3.63) is 29.3 Å². The van der Waals surface area contributed by atoms with Crippen LogP contribution in [-0.4, -0.2) is 11.9 Å². The Morgan fingerprint density at radius 2 is 1.53 bits per heavy atom. The Balaban J connectivity index is 3.06. The summed E-state index contributed by atoms with van der Waals surface area (Å²) in [5, 5.41) is 17.4. The van der Waals surface area contributed by atoms with E-state index in [2.05, 4.69) is 0 Å². The van der Waals surface area contributed by atoms with Gasteiger partial charge in [-0.15, -0.1) is 0 Å². The third-order valence-corrected chi connectivity index (χ3v) is 1.62. The molecule has 0 bridgehead atoms. The first-order valence-electron chi connectivity index (χ1n) is 4.12. The third-order valence-electron chi connectivity index (χ3n) is 1.62. The van der Waals surface area contributed by atoms with Gasteiger partial charge >= 0.3 is 0 Å². The standard InChI is InChI=1S/C8H7F4N5/c9-2-1-3(10)5(12)6(4(2)11)16-8(15)17-7(13)14/h1H,(H6,13,14,15,16,17). The monoisotopic (exact) mass is 249 g/mol. The minimum Gasteiger partial charge on any atom is -0.370 e. The Morgan fingerprint density at radius 1 is 1.06 bits per heavy atom. The second-order valence-corrected chi connectivity index (χ2v) is 2.88. The van der Waals surface area contributed by atoms with E-state index >= 15 is 0 Å². The highest BCUT2D eigenvalue weighted by molar-refractivity contribution is 6.02. The highest BCUT2D eigenvalue weighted by Gasteiger charge is 2.19. The number of nitrogens with one attached hydrogen (secondary N) is 4. The van der Waals surface area contributed by atoms with Gasteiger partial charge in [0.1, 0.15) is 5.69 Å². The van der Waals surface area contributed by atoms with Gasteiger partial charge in [-0.3, -0.25) is 16.1 Å². The molecule has 0 radical (unpaired) electrons. The molecule has 92 valence electrons. The summed E-state index contributed by atoms with van der Waals surface area (Å²) in [6.07, 6.45) is 0. The van der Waals surface area contributed by atoms with Crippen molar-refractivity contribution in [2.45, 2.75) is 0 Å². The third kappa shape index (κ3) is 2.83. The molecule has 0 amide bonds. The molecular weight excluding hydrogens is 242 g/mol. The van der Waals surface area contributed by atoms with E-state index in [0.717, 1.165) is 0 Å². The van der Waals surface area contributed by atoms with Gasteiger partial charge in [0.2, 0.25) is 0 Å². The molecule has 0 aliphatic rings. The fraction of sp³-hybridized carbons (Fsp3) is 0. The van der Waals surface area contributed by atoms with Crippen molar-refractivity contribution < 1.29 is 17.6 Å². The molecule has 0 aliphatic heterocycles. The van der Waals surface area contributed by atoms with Crippen molar-refractivity contribution in [1.82, 2.24) is 5.32 Å². The number of benzene rings is 1. The Bertz CT molecular complexity index is 461. The van der Waals surface area contributed by atoms with Crippen LogP contribution in [0.3, 0.4) is 0 Å².